The molecule has 182 valence electrons. The van der Waals surface area contributed by atoms with Crippen molar-refractivity contribution in [3.63, 3.8) is 0 Å². The molecule has 3 aromatic carbocycles. The number of ether oxygens (including phenoxy) is 4. The second-order valence-corrected chi connectivity index (χ2v) is 7.41. The average molecular weight is 488 g/mol. The van der Waals surface area contributed by atoms with E-state index in [1.165, 1.54) is 31.2 Å². The topological polar surface area (TPSA) is 69.2 Å². The van der Waals surface area contributed by atoms with E-state index in [1.807, 2.05) is 44.2 Å². The van der Waals surface area contributed by atoms with Crippen LogP contribution in [0.1, 0.15) is 25.0 Å². The van der Waals surface area contributed by atoms with Crippen molar-refractivity contribution in [3.8, 4) is 28.7 Å². The molecule has 0 spiro atoms. The zero-order valence-electron chi connectivity index (χ0n) is 20.1. The summed E-state index contributed by atoms with van der Waals surface area (Å²) in [5, 5.41) is 10.7. The van der Waals surface area contributed by atoms with E-state index in [0.717, 1.165) is 10.5 Å². The van der Waals surface area contributed by atoms with Crippen molar-refractivity contribution in [2.45, 2.75) is 18.7 Å². The first-order valence-electron chi connectivity index (χ1n) is 10.6. The fourth-order valence-electron chi connectivity index (χ4n) is 2.99. The number of aromatic hydroxyl groups is 1. The van der Waals surface area contributed by atoms with Gasteiger partial charge in [-0.1, -0.05) is 26.0 Å². The van der Waals surface area contributed by atoms with Gasteiger partial charge in [0.25, 0.3) is 0 Å². The Labute approximate surface area is 204 Å². The molecule has 3 aromatic rings. The lowest BCUT2D eigenvalue weighted by Crippen LogP contribution is -1.96. The van der Waals surface area contributed by atoms with E-state index >= 15 is 0 Å². The van der Waals surface area contributed by atoms with Gasteiger partial charge in [0.2, 0.25) is 5.75 Å². The van der Waals surface area contributed by atoms with E-state index < -0.39 is 0 Å². The Morgan fingerprint density at radius 1 is 0.794 bits per heavy atom. The molecule has 0 unspecified atom stereocenters. The third kappa shape index (κ3) is 6.51. The van der Waals surface area contributed by atoms with Crippen LogP contribution in [0.5, 0.6) is 28.7 Å². The van der Waals surface area contributed by atoms with Crippen LogP contribution in [0.2, 0.25) is 0 Å². The van der Waals surface area contributed by atoms with Crippen LogP contribution in [0.3, 0.4) is 0 Å². The molecule has 8 heteroatoms. The van der Waals surface area contributed by atoms with Gasteiger partial charge in [0.1, 0.15) is 5.82 Å². The molecule has 0 atom stereocenters. The first-order chi connectivity index (χ1) is 16.5. The average Bonchev–Trinajstić information content (AvgIpc) is 2.88. The molecular weight excluding hydrogens is 457 g/mol. The third-order valence-electron chi connectivity index (χ3n) is 4.62. The highest BCUT2D eigenvalue weighted by Gasteiger charge is 2.14. The number of benzene rings is 3. The lowest BCUT2D eigenvalue weighted by atomic mass is 10.1. The maximum atomic E-state index is 13.2. The molecule has 2 N–H and O–H groups in total. The number of phenolic OH excluding ortho intramolecular Hbond substituents is 1. The van der Waals surface area contributed by atoms with Crippen molar-refractivity contribution in [2.24, 2.45) is 0 Å². The van der Waals surface area contributed by atoms with Crippen molar-refractivity contribution in [1.29, 1.82) is 0 Å². The van der Waals surface area contributed by atoms with Gasteiger partial charge in [-0.2, -0.15) is 0 Å². The summed E-state index contributed by atoms with van der Waals surface area (Å²) in [7, 11) is 6.14. The molecule has 0 fully saturated rings. The first-order valence-corrected chi connectivity index (χ1v) is 11.4. The molecule has 6 nitrogen and oxygen atoms in total. The van der Waals surface area contributed by atoms with E-state index in [2.05, 4.69) is 4.72 Å². The predicted octanol–water partition coefficient (Wildman–Crippen LogP) is 6.88. The molecule has 0 amide bonds. The Kier molecular flexibility index (Phi) is 10.4. The molecule has 3 rings (SSSR count). The first kappa shape index (κ1) is 26.7. The van der Waals surface area contributed by atoms with Crippen LogP contribution in [0.25, 0.3) is 12.2 Å². The Hall–Kier alpha value is -3.52. The third-order valence-corrected chi connectivity index (χ3v) is 5.43. The maximum Gasteiger partial charge on any atom is 0.203 e. The summed E-state index contributed by atoms with van der Waals surface area (Å²) in [6.45, 7) is 4.00. The normalized spacial score (nSPS) is 10.3. The van der Waals surface area contributed by atoms with Gasteiger partial charge in [-0.3, -0.25) is 0 Å². The number of nitrogens with one attached hydrogen (secondary N) is 1. The molecule has 0 saturated heterocycles. The minimum atomic E-state index is -0.312. The number of rotatable bonds is 9. The Morgan fingerprint density at radius 3 is 1.91 bits per heavy atom. The van der Waals surface area contributed by atoms with E-state index in [4.69, 9.17) is 18.9 Å². The molecule has 0 bridgehead atoms. The lowest BCUT2D eigenvalue weighted by Gasteiger charge is -2.14. The number of methoxy groups -OCH3 is 4. The Morgan fingerprint density at radius 2 is 1.38 bits per heavy atom. The highest BCUT2D eigenvalue weighted by atomic mass is 32.2. The van der Waals surface area contributed by atoms with Crippen LogP contribution in [0, 0.1) is 5.82 Å². The Bertz CT molecular complexity index is 1080. The van der Waals surface area contributed by atoms with Gasteiger partial charge in [-0.25, -0.2) is 4.39 Å². The standard InChI is InChI=1S/C24H24FNO5S.C2H6/c1-28-19-12-7-16(22(23(19)27)26-32-18-10-8-17(25)9-11-18)6-5-15-13-20(29-2)24(31-4)21(14-15)30-3;1-2/h5-14,26-27H,1-4H3;1-2H3/b6-5-;. The van der Waals surface area contributed by atoms with E-state index in [9.17, 15) is 9.50 Å². The molecule has 0 radical (unpaired) electrons. The fraction of sp³-hybridized carbons (Fsp3) is 0.231. The van der Waals surface area contributed by atoms with Gasteiger partial charge in [0, 0.05) is 10.5 Å². The molecule has 0 saturated carbocycles. The summed E-state index contributed by atoms with van der Waals surface area (Å²) in [6.07, 6.45) is 3.70. The van der Waals surface area contributed by atoms with Crippen molar-refractivity contribution in [3.05, 3.63) is 65.5 Å². The summed E-state index contributed by atoms with van der Waals surface area (Å²) in [6, 6.07) is 13.2. The predicted molar refractivity (Wildman–Crippen MR) is 137 cm³/mol. The number of hydrogen-bond acceptors (Lipinski definition) is 7. The quantitative estimate of drug-likeness (QED) is 0.194. The van der Waals surface area contributed by atoms with Gasteiger partial charge in [0.05, 0.1) is 34.1 Å². The second-order valence-electron chi connectivity index (χ2n) is 6.53. The van der Waals surface area contributed by atoms with Crippen molar-refractivity contribution >= 4 is 29.8 Å². The monoisotopic (exact) mass is 487 g/mol. The van der Waals surface area contributed by atoms with Gasteiger partial charge >= 0.3 is 0 Å². The van der Waals surface area contributed by atoms with Gasteiger partial charge in [-0.15, -0.1) is 0 Å². The molecule has 0 aromatic heterocycles. The molecule has 0 aliphatic heterocycles. The zero-order chi connectivity index (χ0) is 25.1. The van der Waals surface area contributed by atoms with E-state index in [-0.39, 0.29) is 11.6 Å². The van der Waals surface area contributed by atoms with Crippen LogP contribution in [0.15, 0.2) is 53.4 Å². The van der Waals surface area contributed by atoms with Gasteiger partial charge < -0.3 is 28.8 Å². The van der Waals surface area contributed by atoms with E-state index in [1.54, 1.807) is 39.5 Å². The lowest BCUT2D eigenvalue weighted by molar-refractivity contribution is 0.324. The summed E-state index contributed by atoms with van der Waals surface area (Å²) in [5.41, 5.74) is 1.99. The van der Waals surface area contributed by atoms with Gasteiger partial charge in [-0.05, 0) is 66.0 Å². The van der Waals surface area contributed by atoms with Crippen molar-refractivity contribution in [1.82, 2.24) is 0 Å². The van der Waals surface area contributed by atoms with Crippen LogP contribution in [-0.4, -0.2) is 33.5 Å². The molecule has 34 heavy (non-hydrogen) atoms. The summed E-state index contributed by atoms with van der Waals surface area (Å²) < 4.78 is 37.7. The number of anilines is 1. The van der Waals surface area contributed by atoms with Crippen LogP contribution in [0.4, 0.5) is 10.1 Å². The van der Waals surface area contributed by atoms with Crippen molar-refractivity contribution < 1.29 is 28.4 Å². The number of halogens is 1. The fourth-order valence-corrected chi connectivity index (χ4v) is 3.70. The largest absolute Gasteiger partial charge is 0.503 e. The number of hydrogen-bond donors (Lipinski definition) is 2. The summed E-state index contributed by atoms with van der Waals surface area (Å²) in [4.78, 5) is 0.785. The van der Waals surface area contributed by atoms with Crippen LogP contribution < -0.4 is 23.7 Å². The van der Waals surface area contributed by atoms with Crippen LogP contribution >= 0.6 is 11.9 Å². The van der Waals surface area contributed by atoms with E-state index in [0.29, 0.717) is 34.2 Å². The molecule has 0 aliphatic carbocycles. The minimum Gasteiger partial charge on any atom is -0.503 e. The van der Waals surface area contributed by atoms with Crippen LogP contribution in [-0.2, 0) is 0 Å². The highest BCUT2D eigenvalue weighted by molar-refractivity contribution is 8.00. The summed E-state index contributed by atoms with van der Waals surface area (Å²) >= 11 is 1.25. The number of phenols is 1. The molecular formula is C26H30FNO5S. The zero-order valence-corrected chi connectivity index (χ0v) is 21.0. The molecule has 0 heterocycles. The maximum absolute atomic E-state index is 13.2. The molecule has 0 aliphatic rings. The smallest absolute Gasteiger partial charge is 0.203 e. The highest BCUT2D eigenvalue weighted by Crippen LogP contribution is 2.41. The minimum absolute atomic E-state index is 0.0332. The summed E-state index contributed by atoms with van der Waals surface area (Å²) in [5.74, 6) is 1.56. The van der Waals surface area contributed by atoms with Gasteiger partial charge in [0.15, 0.2) is 23.0 Å². The Balaban J connectivity index is 0.00000199. The SMILES string of the molecule is CC.COc1ccc(/C=C\c2cc(OC)c(OC)c(OC)c2)c(NSc2ccc(F)cc2)c1O. The second kappa shape index (κ2) is 13.3. The van der Waals surface area contributed by atoms with Crippen molar-refractivity contribution in [2.75, 3.05) is 33.2 Å².